The number of aromatic nitrogens is 6. The molecular formula is C69H62N10O6. The van der Waals surface area contributed by atoms with Crippen molar-refractivity contribution in [2.24, 2.45) is 5.73 Å². The number of nitrogens with two attached hydrogens (primary N) is 1. The Morgan fingerprint density at radius 3 is 1.35 bits per heavy atom. The largest absolute Gasteiger partial charge is 0.465 e. The summed E-state index contributed by atoms with van der Waals surface area (Å²) >= 11 is 0. The quantitative estimate of drug-likeness (QED) is 0.0786. The molecule has 14 rings (SSSR count). The lowest BCUT2D eigenvalue weighted by molar-refractivity contribution is 0.0376. The van der Waals surface area contributed by atoms with Crippen molar-refractivity contribution in [1.82, 2.24) is 34.4 Å². The van der Waals surface area contributed by atoms with E-state index in [9.17, 15) is 14.4 Å². The highest BCUT2D eigenvalue weighted by molar-refractivity contribution is 5.95. The first kappa shape index (κ1) is 54.1. The molecule has 10 aromatic rings. The molecule has 0 spiro atoms. The molecule has 1 amide bonds. The Morgan fingerprint density at radius 1 is 0.529 bits per heavy atom. The number of benzene rings is 6. The lowest BCUT2D eigenvalue weighted by atomic mass is 9.71. The van der Waals surface area contributed by atoms with Crippen molar-refractivity contribution in [3.63, 3.8) is 0 Å². The zero-order chi connectivity index (χ0) is 58.6. The molecule has 2 saturated carbocycles. The highest BCUT2D eigenvalue weighted by atomic mass is 16.6. The van der Waals surface area contributed by atoms with E-state index in [-0.39, 0.29) is 11.5 Å². The smallest absolute Gasteiger partial charge is 0.408 e. The van der Waals surface area contributed by atoms with Crippen molar-refractivity contribution in [1.29, 1.82) is 0 Å². The molecule has 6 heterocycles. The Morgan fingerprint density at radius 2 is 0.953 bits per heavy atom. The summed E-state index contributed by atoms with van der Waals surface area (Å²) in [6.07, 6.45) is 9.03. The number of alkyl carbamates (subject to hydrolysis) is 1. The Bertz CT molecular complexity index is 4210. The maximum absolute atomic E-state index is 12.8. The van der Waals surface area contributed by atoms with Crippen LogP contribution in [0.5, 0.6) is 0 Å². The summed E-state index contributed by atoms with van der Waals surface area (Å²) in [5.74, 6) is 2.28. The van der Waals surface area contributed by atoms with E-state index < -0.39 is 23.2 Å². The van der Waals surface area contributed by atoms with Gasteiger partial charge >= 0.3 is 18.0 Å². The van der Waals surface area contributed by atoms with Crippen LogP contribution in [-0.2, 0) is 25.3 Å². The lowest BCUT2D eigenvalue weighted by Crippen LogP contribution is -2.52. The first-order chi connectivity index (χ1) is 41.2. The number of nitrogens with one attached hydrogen (secondary N) is 3. The van der Waals surface area contributed by atoms with Crippen molar-refractivity contribution < 1.29 is 28.6 Å². The van der Waals surface area contributed by atoms with Gasteiger partial charge in [0.05, 0.1) is 76.4 Å². The maximum Gasteiger partial charge on any atom is 0.408 e. The monoisotopic (exact) mass is 1130 g/mol. The summed E-state index contributed by atoms with van der Waals surface area (Å²) in [6, 6.07) is 55.7. The highest BCUT2D eigenvalue weighted by Crippen LogP contribution is 2.48. The van der Waals surface area contributed by atoms with Crippen LogP contribution in [0.25, 0.3) is 79.2 Å². The molecule has 2 fully saturated rings. The molecule has 4 aliphatic rings. The van der Waals surface area contributed by atoms with Gasteiger partial charge in [0.1, 0.15) is 17.2 Å². The Hall–Kier alpha value is -10.2. The van der Waals surface area contributed by atoms with Crippen molar-refractivity contribution in [2.75, 3.05) is 24.9 Å². The molecular weight excluding hydrogens is 1060 g/mol. The van der Waals surface area contributed by atoms with Gasteiger partial charge in [-0.25, -0.2) is 34.3 Å². The molecule has 6 aromatic carbocycles. The minimum atomic E-state index is -0.581. The second-order valence-electron chi connectivity index (χ2n) is 22.9. The number of imidazole rings is 2. The summed E-state index contributed by atoms with van der Waals surface area (Å²) in [5, 5.41) is 10.2. The molecule has 2 aliphatic carbocycles. The fourth-order valence-electron chi connectivity index (χ4n) is 11.8. The zero-order valence-electron chi connectivity index (χ0n) is 47.8. The normalized spacial score (nSPS) is 14.5. The zero-order valence-corrected chi connectivity index (χ0v) is 47.8. The molecule has 85 heavy (non-hydrogen) atoms. The van der Waals surface area contributed by atoms with E-state index in [4.69, 9.17) is 29.9 Å². The number of fused-ring (bicyclic) bond motifs is 10. The van der Waals surface area contributed by atoms with Crippen molar-refractivity contribution in [3.8, 4) is 79.2 Å². The molecule has 0 bridgehead atoms. The molecule has 0 atom stereocenters. The van der Waals surface area contributed by atoms with Crippen LogP contribution in [0.1, 0.15) is 91.1 Å². The maximum atomic E-state index is 12.8. The second kappa shape index (κ2) is 21.5. The average Bonchev–Trinajstić information content (AvgIpc) is 2.14. The van der Waals surface area contributed by atoms with Gasteiger partial charge in [-0.2, -0.15) is 0 Å². The first-order valence-corrected chi connectivity index (χ1v) is 28.5. The van der Waals surface area contributed by atoms with Crippen LogP contribution in [0.15, 0.2) is 182 Å². The number of rotatable bonds is 9. The number of pyridine rings is 2. The third-order valence-corrected chi connectivity index (χ3v) is 16.4. The van der Waals surface area contributed by atoms with Crippen LogP contribution >= 0.6 is 0 Å². The fourth-order valence-corrected chi connectivity index (χ4v) is 11.8. The van der Waals surface area contributed by atoms with Crippen molar-refractivity contribution >= 4 is 41.0 Å². The number of hydrogen-bond acceptors (Lipinski definition) is 13. The summed E-state index contributed by atoms with van der Waals surface area (Å²) in [6.45, 7) is 5.60. The van der Waals surface area contributed by atoms with Crippen LogP contribution in [0.3, 0.4) is 0 Å². The van der Waals surface area contributed by atoms with Gasteiger partial charge in [-0.1, -0.05) is 97.1 Å². The minimum Gasteiger partial charge on any atom is -0.465 e. The van der Waals surface area contributed by atoms with Crippen molar-refractivity contribution in [3.05, 3.63) is 205 Å². The number of amides is 1. The van der Waals surface area contributed by atoms with Gasteiger partial charge in [-0.3, -0.25) is 9.13 Å². The third kappa shape index (κ3) is 9.93. The van der Waals surface area contributed by atoms with E-state index in [1.165, 1.54) is 14.2 Å². The molecule has 424 valence electrons. The highest BCUT2D eigenvalue weighted by Gasteiger charge is 2.42. The second-order valence-corrected chi connectivity index (χ2v) is 22.9. The molecule has 0 radical (unpaired) electrons. The van der Waals surface area contributed by atoms with Gasteiger partial charge in [0.15, 0.2) is 11.6 Å². The van der Waals surface area contributed by atoms with E-state index in [2.05, 4.69) is 95.7 Å². The minimum absolute atomic E-state index is 0.237. The number of hydrogen-bond donors (Lipinski definition) is 4. The summed E-state index contributed by atoms with van der Waals surface area (Å²) in [4.78, 5) is 57.0. The number of esters is 2. The Balaban J connectivity index is 0.000000160. The predicted octanol–water partition coefficient (Wildman–Crippen LogP) is 14.5. The number of nitrogens with zero attached hydrogens (tertiary/aromatic N) is 6. The van der Waals surface area contributed by atoms with Crippen LogP contribution < -0.4 is 21.7 Å². The van der Waals surface area contributed by atoms with Gasteiger partial charge in [0.25, 0.3) is 0 Å². The average molecular weight is 1130 g/mol. The Labute approximate surface area is 492 Å². The van der Waals surface area contributed by atoms with Crippen LogP contribution in [0, 0.1) is 0 Å². The van der Waals surface area contributed by atoms with Crippen LogP contribution in [0.4, 0.5) is 27.8 Å². The van der Waals surface area contributed by atoms with Gasteiger partial charge < -0.3 is 35.9 Å². The van der Waals surface area contributed by atoms with E-state index in [1.54, 1.807) is 36.7 Å². The standard InChI is InChI=1S/C37H35N5O4.C32H27N5O2/c1-36(2,3)46-35(44)41-37(20-8-21-37)26-18-16-24(17-19-26)31-30(23-12-14-25(15-13-23)34(43)45-4)40-33-27-9-5-6-10-28(27)39-32-29(42(31)33)11-7-22-38-32;1-39-31(38)22-11-9-20(10-12-22)27-28(21-13-15-23(16-14-21)32(33)17-5-18-32)37-26-8-4-19-34-29(26)35-25-7-3-2-6-24(25)30(37)36-27/h5-7,9-19,22H,8,20-21H2,1-4H3,(H,38,39)(H,41,44);2-4,6-16,19H,5,17-18,33H2,1H3,(H,34,35). The molecule has 16 heteroatoms. The topological polar surface area (TPSA) is 202 Å². The number of para-hydroxylation sites is 2. The van der Waals surface area contributed by atoms with Crippen LogP contribution in [-0.4, -0.2) is 66.9 Å². The number of carbonyl (C=O) groups excluding carboxylic acids is 3. The lowest BCUT2D eigenvalue weighted by Gasteiger charge is -2.43. The summed E-state index contributed by atoms with van der Waals surface area (Å²) in [7, 11) is 2.76. The molecule has 2 aliphatic heterocycles. The fraction of sp³-hybridized carbons (Fsp3) is 0.203. The summed E-state index contributed by atoms with van der Waals surface area (Å²) in [5.41, 5.74) is 21.1. The molecule has 16 nitrogen and oxygen atoms in total. The van der Waals surface area contributed by atoms with E-state index >= 15 is 0 Å². The predicted molar refractivity (Wildman–Crippen MR) is 329 cm³/mol. The number of anilines is 4. The number of ether oxygens (including phenoxy) is 3. The third-order valence-electron chi connectivity index (χ3n) is 16.4. The van der Waals surface area contributed by atoms with E-state index in [0.29, 0.717) is 16.9 Å². The summed E-state index contributed by atoms with van der Waals surface area (Å²) < 4.78 is 19.8. The van der Waals surface area contributed by atoms with Gasteiger partial charge in [0.2, 0.25) is 0 Å². The number of methoxy groups -OCH3 is 2. The molecule has 4 aromatic heterocycles. The van der Waals surface area contributed by atoms with E-state index in [0.717, 1.165) is 146 Å². The first-order valence-electron chi connectivity index (χ1n) is 28.5. The van der Waals surface area contributed by atoms with Crippen LogP contribution in [0.2, 0.25) is 0 Å². The molecule has 0 saturated heterocycles. The number of carbonyl (C=O) groups is 3. The Kier molecular flexibility index (Phi) is 13.7. The van der Waals surface area contributed by atoms with Crippen molar-refractivity contribution in [2.45, 2.75) is 76.0 Å². The SMILES string of the molecule is COC(=O)c1ccc(-c2nc3n(c2-c2ccc(C4(N)CCC4)cc2)-c2cccnc2Nc2ccccc2-3)cc1.COC(=O)c1ccc(-c2nc3n(c2-c2ccc(C4(NC(=O)OC(C)(C)C)CCC4)cc2)-c2cccnc2Nc2ccccc2-3)cc1. The van der Waals surface area contributed by atoms with Gasteiger partial charge in [-0.15, -0.1) is 0 Å². The molecule has 0 unspecified atom stereocenters. The van der Waals surface area contributed by atoms with Gasteiger partial charge in [-0.05, 0) is 143 Å². The van der Waals surface area contributed by atoms with E-state index in [1.807, 2.05) is 106 Å². The molecule has 5 N–H and O–H groups in total. The van der Waals surface area contributed by atoms with Gasteiger partial charge in [0, 0.05) is 51.3 Å².